The lowest BCUT2D eigenvalue weighted by Crippen LogP contribution is -2.17. The summed E-state index contributed by atoms with van der Waals surface area (Å²) < 4.78 is 44.4. The number of halogens is 3. The minimum absolute atomic E-state index is 0.0957. The number of pyridine rings is 1. The summed E-state index contributed by atoms with van der Waals surface area (Å²) in [5.74, 6) is -0.921. The van der Waals surface area contributed by atoms with Crippen LogP contribution in [0.25, 0.3) is 0 Å². The minimum Gasteiger partial charge on any atom is -0.462 e. The number of thiophene rings is 1. The number of rotatable bonds is 6. The van der Waals surface area contributed by atoms with Crippen LogP contribution in [0.5, 0.6) is 0 Å². The molecular formula is C24H22F3N3O3S. The monoisotopic (exact) mass is 489 g/mol. The van der Waals surface area contributed by atoms with E-state index in [-0.39, 0.29) is 23.7 Å². The fraction of sp³-hybridized carbons (Fsp3) is 0.292. The number of nitrogens with one attached hydrogen (secondary N) is 2. The van der Waals surface area contributed by atoms with Gasteiger partial charge in [-0.25, -0.2) is 9.78 Å². The van der Waals surface area contributed by atoms with E-state index in [4.69, 9.17) is 4.74 Å². The van der Waals surface area contributed by atoms with Gasteiger partial charge in [0.2, 0.25) is 0 Å². The van der Waals surface area contributed by atoms with Crippen molar-refractivity contribution in [2.75, 3.05) is 17.2 Å². The molecule has 1 amide bonds. The molecule has 6 nitrogen and oxygen atoms in total. The molecule has 2 N–H and O–H groups in total. The van der Waals surface area contributed by atoms with Crippen molar-refractivity contribution in [1.29, 1.82) is 0 Å². The van der Waals surface area contributed by atoms with E-state index in [1.165, 1.54) is 35.7 Å². The van der Waals surface area contributed by atoms with Crippen LogP contribution in [0.2, 0.25) is 0 Å². The van der Waals surface area contributed by atoms with Gasteiger partial charge in [0.15, 0.2) is 0 Å². The molecule has 0 saturated carbocycles. The fourth-order valence-electron chi connectivity index (χ4n) is 3.84. The molecule has 0 atom stereocenters. The topological polar surface area (TPSA) is 80.3 Å². The van der Waals surface area contributed by atoms with Gasteiger partial charge in [-0.05, 0) is 68.5 Å². The Morgan fingerprint density at radius 2 is 1.94 bits per heavy atom. The van der Waals surface area contributed by atoms with Crippen molar-refractivity contribution < 1.29 is 27.5 Å². The van der Waals surface area contributed by atoms with Crippen molar-refractivity contribution in [3.8, 4) is 0 Å². The van der Waals surface area contributed by atoms with Crippen molar-refractivity contribution >= 4 is 39.7 Å². The average molecular weight is 490 g/mol. The van der Waals surface area contributed by atoms with Gasteiger partial charge in [0.1, 0.15) is 10.8 Å². The van der Waals surface area contributed by atoms with E-state index in [1.54, 1.807) is 13.0 Å². The second-order valence-electron chi connectivity index (χ2n) is 7.69. The number of hydrogen-bond acceptors (Lipinski definition) is 6. The van der Waals surface area contributed by atoms with Crippen LogP contribution in [0.15, 0.2) is 42.6 Å². The Kier molecular flexibility index (Phi) is 6.87. The molecule has 0 fully saturated rings. The molecule has 1 aliphatic carbocycles. The normalized spacial score (nSPS) is 13.2. The molecule has 4 rings (SSSR count). The Labute approximate surface area is 198 Å². The number of fused-ring (bicyclic) bond motifs is 1. The smallest absolute Gasteiger partial charge is 0.416 e. The van der Waals surface area contributed by atoms with Gasteiger partial charge in [-0.3, -0.25) is 4.79 Å². The molecule has 0 saturated heterocycles. The molecule has 0 radical (unpaired) electrons. The summed E-state index contributed by atoms with van der Waals surface area (Å²) in [4.78, 5) is 31.0. The van der Waals surface area contributed by atoms with Crippen LogP contribution in [0.4, 0.5) is 29.7 Å². The number of carbonyl (C=O) groups is 2. The molecule has 2 heterocycles. The fourth-order valence-corrected chi connectivity index (χ4v) is 5.11. The standard InChI is InChI=1S/C24H22F3N3O3S/c1-2-33-23(32)19-16-9-3-4-11-18(16)34-22(19)30-21(31)17-10-6-12-28-20(17)29-15-8-5-7-14(13-15)24(25,26)27/h5-8,10,12-13H,2-4,9,11H2,1H3,(H,28,29)(H,30,31). The molecule has 1 aromatic carbocycles. The van der Waals surface area contributed by atoms with E-state index in [0.29, 0.717) is 10.6 Å². The third-order valence-corrected chi connectivity index (χ3v) is 6.59. The summed E-state index contributed by atoms with van der Waals surface area (Å²) in [7, 11) is 0. The quantitative estimate of drug-likeness (QED) is 0.402. The molecule has 2 aromatic heterocycles. The first-order valence-electron chi connectivity index (χ1n) is 10.8. The zero-order valence-electron chi connectivity index (χ0n) is 18.3. The number of esters is 1. The Bertz CT molecular complexity index is 1220. The van der Waals surface area contributed by atoms with Crippen molar-refractivity contribution in [2.45, 2.75) is 38.8 Å². The van der Waals surface area contributed by atoms with Gasteiger partial charge in [-0.15, -0.1) is 11.3 Å². The summed E-state index contributed by atoms with van der Waals surface area (Å²) >= 11 is 1.36. The van der Waals surface area contributed by atoms with Gasteiger partial charge < -0.3 is 15.4 Å². The predicted molar refractivity (Wildman–Crippen MR) is 124 cm³/mol. The van der Waals surface area contributed by atoms with E-state index in [9.17, 15) is 22.8 Å². The third kappa shape index (κ3) is 5.06. The van der Waals surface area contributed by atoms with Crippen molar-refractivity contribution in [3.63, 3.8) is 0 Å². The second-order valence-corrected chi connectivity index (χ2v) is 8.80. The van der Waals surface area contributed by atoms with Gasteiger partial charge >= 0.3 is 12.1 Å². The summed E-state index contributed by atoms with van der Waals surface area (Å²) in [6, 6.07) is 7.70. The lowest BCUT2D eigenvalue weighted by atomic mass is 9.95. The molecule has 0 unspecified atom stereocenters. The molecule has 178 valence electrons. The maximum absolute atomic E-state index is 13.2. The van der Waals surface area contributed by atoms with Crippen molar-refractivity contribution in [2.24, 2.45) is 0 Å². The van der Waals surface area contributed by atoms with Crippen LogP contribution >= 0.6 is 11.3 Å². The molecule has 0 bridgehead atoms. The van der Waals surface area contributed by atoms with Gasteiger partial charge in [-0.2, -0.15) is 13.2 Å². The zero-order chi connectivity index (χ0) is 24.3. The first-order chi connectivity index (χ1) is 16.3. The highest BCUT2D eigenvalue weighted by Crippen LogP contribution is 2.39. The summed E-state index contributed by atoms with van der Waals surface area (Å²) in [6.45, 7) is 1.93. The SMILES string of the molecule is CCOC(=O)c1c(NC(=O)c2cccnc2Nc2cccc(C(F)(F)F)c2)sc2c1CCCC2. The van der Waals surface area contributed by atoms with Crippen molar-refractivity contribution in [3.05, 3.63) is 69.7 Å². The number of alkyl halides is 3. The molecule has 1 aliphatic rings. The Balaban J connectivity index is 1.62. The number of benzene rings is 1. The molecule has 0 aliphatic heterocycles. The first-order valence-corrected chi connectivity index (χ1v) is 11.6. The highest BCUT2D eigenvalue weighted by Gasteiger charge is 2.31. The number of carbonyl (C=O) groups excluding carboxylic acids is 2. The lowest BCUT2D eigenvalue weighted by Gasteiger charge is -2.14. The highest BCUT2D eigenvalue weighted by molar-refractivity contribution is 7.17. The second kappa shape index (κ2) is 9.84. The molecular weight excluding hydrogens is 467 g/mol. The number of amides is 1. The predicted octanol–water partition coefficient (Wildman–Crippen LogP) is 6.21. The highest BCUT2D eigenvalue weighted by atomic mass is 32.1. The number of aryl methyl sites for hydroxylation is 1. The average Bonchev–Trinajstić information content (AvgIpc) is 3.17. The lowest BCUT2D eigenvalue weighted by molar-refractivity contribution is -0.137. The largest absolute Gasteiger partial charge is 0.462 e. The van der Waals surface area contributed by atoms with Crippen LogP contribution < -0.4 is 10.6 Å². The van der Waals surface area contributed by atoms with Crippen LogP contribution in [0, 0.1) is 0 Å². The Morgan fingerprint density at radius 3 is 2.71 bits per heavy atom. The summed E-state index contributed by atoms with van der Waals surface area (Å²) in [6.07, 6.45) is 0.473. The zero-order valence-corrected chi connectivity index (χ0v) is 19.1. The summed E-state index contributed by atoms with van der Waals surface area (Å²) in [5.41, 5.74) is 0.745. The van der Waals surface area contributed by atoms with Crippen LogP contribution in [-0.4, -0.2) is 23.5 Å². The molecule has 34 heavy (non-hydrogen) atoms. The van der Waals surface area contributed by atoms with Gasteiger partial charge in [0.05, 0.1) is 23.3 Å². The number of anilines is 3. The van der Waals surface area contributed by atoms with Gasteiger partial charge in [0.25, 0.3) is 5.91 Å². The number of aromatic nitrogens is 1. The van der Waals surface area contributed by atoms with E-state index in [1.807, 2.05) is 0 Å². The summed E-state index contributed by atoms with van der Waals surface area (Å²) in [5, 5.41) is 6.01. The number of ether oxygens (including phenoxy) is 1. The van der Waals surface area contributed by atoms with Crippen molar-refractivity contribution in [1.82, 2.24) is 4.98 Å². The van der Waals surface area contributed by atoms with E-state index < -0.39 is 23.6 Å². The number of nitrogens with zero attached hydrogens (tertiary/aromatic N) is 1. The Hall–Kier alpha value is -3.40. The van der Waals surface area contributed by atoms with Crippen LogP contribution in [0.3, 0.4) is 0 Å². The maximum Gasteiger partial charge on any atom is 0.416 e. The van der Waals surface area contributed by atoms with Crippen LogP contribution in [-0.2, 0) is 23.8 Å². The Morgan fingerprint density at radius 1 is 1.15 bits per heavy atom. The van der Waals surface area contributed by atoms with Gasteiger partial charge in [0, 0.05) is 16.8 Å². The minimum atomic E-state index is -4.50. The first kappa shape index (κ1) is 23.7. The van der Waals surface area contributed by atoms with E-state index >= 15 is 0 Å². The van der Waals surface area contributed by atoms with Gasteiger partial charge in [-0.1, -0.05) is 6.07 Å². The molecule has 10 heteroatoms. The number of hydrogen-bond donors (Lipinski definition) is 2. The maximum atomic E-state index is 13.2. The molecule has 0 spiro atoms. The molecule has 3 aromatic rings. The van der Waals surface area contributed by atoms with E-state index in [2.05, 4.69) is 15.6 Å². The van der Waals surface area contributed by atoms with Crippen LogP contribution in [0.1, 0.15) is 56.5 Å². The van der Waals surface area contributed by atoms with E-state index in [0.717, 1.165) is 48.3 Å². The third-order valence-electron chi connectivity index (χ3n) is 5.38.